The summed E-state index contributed by atoms with van der Waals surface area (Å²) in [7, 11) is 0. The van der Waals surface area contributed by atoms with Gasteiger partial charge in [-0.2, -0.15) is 0 Å². The van der Waals surface area contributed by atoms with Crippen molar-refractivity contribution in [3.05, 3.63) is 29.8 Å². The molecule has 1 aromatic carbocycles. The highest BCUT2D eigenvalue weighted by Crippen LogP contribution is 2.26. The number of benzene rings is 1. The first-order valence-corrected chi connectivity index (χ1v) is 6.31. The Bertz CT molecular complexity index is 316. The van der Waals surface area contributed by atoms with Crippen LogP contribution in [0.4, 0.5) is 0 Å². The Hall–Kier alpha value is -0.760. The Labute approximate surface area is 96.3 Å². The molecule has 0 N–H and O–H groups in total. The monoisotopic (exact) mass is 222 g/mol. The zero-order valence-corrected chi connectivity index (χ0v) is 10.4. The van der Waals surface area contributed by atoms with Crippen LogP contribution in [0, 0.1) is 6.92 Å². The minimum Gasteiger partial charge on any atom is -0.298 e. The highest BCUT2D eigenvalue weighted by molar-refractivity contribution is 8.00. The molecule has 0 aliphatic carbocycles. The van der Waals surface area contributed by atoms with Crippen molar-refractivity contribution in [2.75, 3.05) is 0 Å². The van der Waals surface area contributed by atoms with Crippen LogP contribution in [0.15, 0.2) is 29.2 Å². The molecule has 82 valence electrons. The van der Waals surface area contributed by atoms with Gasteiger partial charge in [0, 0.05) is 11.3 Å². The van der Waals surface area contributed by atoms with Crippen LogP contribution in [0.5, 0.6) is 0 Å². The molecular weight excluding hydrogens is 204 g/mol. The lowest BCUT2D eigenvalue weighted by Gasteiger charge is -2.12. The van der Waals surface area contributed by atoms with Gasteiger partial charge < -0.3 is 0 Å². The summed E-state index contributed by atoms with van der Waals surface area (Å²) in [5.74, 6) is 0.350. The van der Waals surface area contributed by atoms with Gasteiger partial charge in [0.05, 0.1) is 5.25 Å². The van der Waals surface area contributed by atoms with E-state index in [0.29, 0.717) is 12.2 Å². The average Bonchev–Trinajstić information content (AvgIpc) is 2.27. The molecule has 15 heavy (non-hydrogen) atoms. The van der Waals surface area contributed by atoms with Gasteiger partial charge in [0.25, 0.3) is 0 Å². The van der Waals surface area contributed by atoms with Gasteiger partial charge in [-0.3, -0.25) is 4.79 Å². The van der Waals surface area contributed by atoms with Crippen LogP contribution in [0.3, 0.4) is 0 Å². The summed E-state index contributed by atoms with van der Waals surface area (Å²) in [5, 5.41) is 0.123. The van der Waals surface area contributed by atoms with E-state index in [4.69, 9.17) is 0 Å². The molecule has 1 unspecified atom stereocenters. The van der Waals surface area contributed by atoms with Crippen molar-refractivity contribution in [3.63, 3.8) is 0 Å². The van der Waals surface area contributed by atoms with Crippen molar-refractivity contribution >= 4 is 17.5 Å². The lowest BCUT2D eigenvalue weighted by molar-refractivity contribution is -0.118. The lowest BCUT2D eigenvalue weighted by atomic mass is 10.2. The second-order valence-corrected chi connectivity index (χ2v) is 4.92. The smallest absolute Gasteiger partial charge is 0.145 e. The highest BCUT2D eigenvalue weighted by Gasteiger charge is 2.15. The van der Waals surface area contributed by atoms with Crippen LogP contribution in [0.1, 0.15) is 32.3 Å². The number of carbonyl (C=O) groups is 1. The first-order valence-electron chi connectivity index (χ1n) is 5.43. The molecule has 0 heterocycles. The average molecular weight is 222 g/mol. The van der Waals surface area contributed by atoms with Crippen molar-refractivity contribution in [3.8, 4) is 0 Å². The van der Waals surface area contributed by atoms with Crippen LogP contribution in [0.25, 0.3) is 0 Å². The van der Waals surface area contributed by atoms with Crippen LogP contribution < -0.4 is 0 Å². The Morgan fingerprint density at radius 1 is 1.27 bits per heavy atom. The fourth-order valence-corrected chi connectivity index (χ4v) is 2.47. The summed E-state index contributed by atoms with van der Waals surface area (Å²) < 4.78 is 0. The molecule has 1 nitrogen and oxygen atoms in total. The third kappa shape index (κ3) is 3.71. The third-order valence-electron chi connectivity index (χ3n) is 2.38. The van der Waals surface area contributed by atoms with E-state index < -0.39 is 0 Å². The van der Waals surface area contributed by atoms with Gasteiger partial charge in [0.2, 0.25) is 0 Å². The molecule has 0 aliphatic rings. The zero-order chi connectivity index (χ0) is 11.3. The summed E-state index contributed by atoms with van der Waals surface area (Å²) in [6.45, 7) is 6.07. The molecule has 0 bridgehead atoms. The molecule has 1 atom stereocenters. The van der Waals surface area contributed by atoms with E-state index in [-0.39, 0.29) is 5.25 Å². The number of aryl methyl sites for hydroxylation is 1. The number of carbonyl (C=O) groups excluding carboxylic acids is 1. The van der Waals surface area contributed by atoms with Crippen molar-refractivity contribution in [1.29, 1.82) is 0 Å². The van der Waals surface area contributed by atoms with E-state index >= 15 is 0 Å². The maximum atomic E-state index is 11.6. The SMILES string of the molecule is CCC(=O)C(CC)Sc1ccc(C)cc1. The maximum Gasteiger partial charge on any atom is 0.145 e. The number of hydrogen-bond donors (Lipinski definition) is 0. The molecule has 0 amide bonds. The zero-order valence-electron chi connectivity index (χ0n) is 9.62. The number of thioether (sulfide) groups is 1. The normalized spacial score (nSPS) is 12.5. The topological polar surface area (TPSA) is 17.1 Å². The summed E-state index contributed by atoms with van der Waals surface area (Å²) >= 11 is 1.68. The van der Waals surface area contributed by atoms with Crippen molar-refractivity contribution < 1.29 is 4.79 Å². The van der Waals surface area contributed by atoms with E-state index in [1.165, 1.54) is 10.5 Å². The summed E-state index contributed by atoms with van der Waals surface area (Å²) in [6.07, 6.45) is 1.54. The molecule has 0 aromatic heterocycles. The van der Waals surface area contributed by atoms with E-state index in [1.54, 1.807) is 11.8 Å². The van der Waals surface area contributed by atoms with Gasteiger partial charge in [-0.25, -0.2) is 0 Å². The molecule has 0 radical (unpaired) electrons. The number of Topliss-reactive ketones (excluding diaryl/α,β-unsaturated/α-hetero) is 1. The highest BCUT2D eigenvalue weighted by atomic mass is 32.2. The predicted octanol–water partition coefficient (Wildman–Crippen LogP) is 3.84. The van der Waals surface area contributed by atoms with E-state index in [1.807, 2.05) is 6.92 Å². The van der Waals surface area contributed by atoms with Gasteiger partial charge in [-0.15, -0.1) is 11.8 Å². The molecule has 0 fully saturated rings. The predicted molar refractivity (Wildman–Crippen MR) is 66.4 cm³/mol. The van der Waals surface area contributed by atoms with Crippen molar-refractivity contribution in [2.45, 2.75) is 43.8 Å². The summed E-state index contributed by atoms with van der Waals surface area (Å²) in [4.78, 5) is 12.8. The number of hydrogen-bond acceptors (Lipinski definition) is 2. The Kier molecular flexibility index (Phi) is 4.89. The second kappa shape index (κ2) is 5.96. The van der Waals surface area contributed by atoms with Crippen LogP contribution in [-0.2, 0) is 4.79 Å². The van der Waals surface area contributed by atoms with Crippen LogP contribution in [-0.4, -0.2) is 11.0 Å². The lowest BCUT2D eigenvalue weighted by Crippen LogP contribution is -2.14. The Morgan fingerprint density at radius 2 is 1.87 bits per heavy atom. The maximum absolute atomic E-state index is 11.6. The molecule has 1 aromatic rings. The molecule has 0 spiro atoms. The molecule has 0 saturated carbocycles. The fraction of sp³-hybridized carbons (Fsp3) is 0.462. The van der Waals surface area contributed by atoms with Gasteiger partial charge in [0.15, 0.2) is 0 Å². The Morgan fingerprint density at radius 3 is 2.33 bits per heavy atom. The van der Waals surface area contributed by atoms with Gasteiger partial charge in [0.1, 0.15) is 5.78 Å². The third-order valence-corrected chi connectivity index (χ3v) is 3.80. The van der Waals surface area contributed by atoms with E-state index in [9.17, 15) is 4.79 Å². The molecular formula is C13H18OS. The largest absolute Gasteiger partial charge is 0.298 e. The van der Waals surface area contributed by atoms with E-state index in [0.717, 1.165) is 6.42 Å². The minimum atomic E-state index is 0.123. The van der Waals surface area contributed by atoms with Crippen molar-refractivity contribution in [2.24, 2.45) is 0 Å². The Balaban J connectivity index is 2.66. The van der Waals surface area contributed by atoms with Gasteiger partial charge >= 0.3 is 0 Å². The standard InChI is InChI=1S/C13H18OS/c1-4-12(14)13(5-2)15-11-8-6-10(3)7-9-11/h6-9,13H,4-5H2,1-3H3. The molecule has 1 rings (SSSR count). The quantitative estimate of drug-likeness (QED) is 0.704. The molecule has 0 saturated heterocycles. The first-order chi connectivity index (χ1) is 7.17. The second-order valence-electron chi connectivity index (χ2n) is 3.65. The number of ketones is 1. The molecule has 2 heteroatoms. The first kappa shape index (κ1) is 12.3. The fourth-order valence-electron chi connectivity index (χ4n) is 1.39. The van der Waals surface area contributed by atoms with Crippen molar-refractivity contribution in [1.82, 2.24) is 0 Å². The summed E-state index contributed by atoms with van der Waals surface area (Å²) in [6, 6.07) is 8.36. The summed E-state index contributed by atoms with van der Waals surface area (Å²) in [5.41, 5.74) is 1.26. The van der Waals surface area contributed by atoms with E-state index in [2.05, 4.69) is 38.1 Å². The van der Waals surface area contributed by atoms with Crippen LogP contribution >= 0.6 is 11.8 Å². The minimum absolute atomic E-state index is 0.123. The van der Waals surface area contributed by atoms with Crippen LogP contribution in [0.2, 0.25) is 0 Å². The number of rotatable bonds is 5. The molecule has 0 aliphatic heterocycles. The van der Waals surface area contributed by atoms with Gasteiger partial charge in [-0.1, -0.05) is 31.5 Å². The van der Waals surface area contributed by atoms with Gasteiger partial charge in [-0.05, 0) is 25.5 Å².